The molecule has 32 heavy (non-hydrogen) atoms. The van der Waals surface area contributed by atoms with E-state index in [1.54, 1.807) is 13.8 Å². The average molecular weight is 463 g/mol. The first kappa shape index (κ1) is 22.9. The van der Waals surface area contributed by atoms with Crippen LogP contribution in [0.15, 0.2) is 47.4 Å². The van der Waals surface area contributed by atoms with Gasteiger partial charge in [-0.15, -0.1) is 0 Å². The lowest BCUT2D eigenvalue weighted by Crippen LogP contribution is -2.15. The molecule has 11 heteroatoms. The fraction of sp³-hybridized carbons (Fsp3) is 0.143. The van der Waals surface area contributed by atoms with Crippen molar-refractivity contribution in [1.29, 1.82) is 0 Å². The van der Waals surface area contributed by atoms with E-state index in [0.29, 0.717) is 23.0 Å². The number of esters is 1. The van der Waals surface area contributed by atoms with Crippen LogP contribution in [0, 0.1) is 25.5 Å². The predicted octanol–water partition coefficient (Wildman–Crippen LogP) is 3.75. The van der Waals surface area contributed by atoms with Crippen LogP contribution in [0.5, 0.6) is 0 Å². The molecule has 1 aromatic heterocycles. The molecule has 0 saturated heterocycles. The van der Waals surface area contributed by atoms with Crippen molar-refractivity contribution >= 4 is 33.3 Å². The molecule has 0 aliphatic carbocycles. The van der Waals surface area contributed by atoms with E-state index in [1.165, 1.54) is 31.4 Å². The lowest BCUT2D eigenvalue weighted by Gasteiger charge is -2.10. The molecule has 0 fully saturated rings. The molecule has 0 aliphatic heterocycles. The van der Waals surface area contributed by atoms with Gasteiger partial charge in [0.1, 0.15) is 5.69 Å². The summed E-state index contributed by atoms with van der Waals surface area (Å²) in [4.78, 5) is 26.9. The third kappa shape index (κ3) is 4.62. The van der Waals surface area contributed by atoms with Crippen LogP contribution in [0.2, 0.25) is 0 Å². The van der Waals surface area contributed by atoms with Crippen molar-refractivity contribution in [2.24, 2.45) is 0 Å². The van der Waals surface area contributed by atoms with Gasteiger partial charge in [-0.3, -0.25) is 9.52 Å². The molecule has 0 saturated carbocycles. The average Bonchev–Trinajstić information content (AvgIpc) is 3.04. The minimum absolute atomic E-state index is 0.146. The molecule has 3 aromatic rings. The van der Waals surface area contributed by atoms with E-state index in [2.05, 4.69) is 15.0 Å². The fourth-order valence-corrected chi connectivity index (χ4v) is 4.13. The van der Waals surface area contributed by atoms with Gasteiger partial charge in [-0.05, 0) is 61.9 Å². The summed E-state index contributed by atoms with van der Waals surface area (Å²) in [5, 5.41) is 2.64. The number of amides is 1. The van der Waals surface area contributed by atoms with Gasteiger partial charge in [0.25, 0.3) is 15.9 Å². The van der Waals surface area contributed by atoms with E-state index < -0.39 is 38.4 Å². The normalized spacial score (nSPS) is 11.2. The maximum atomic E-state index is 13.3. The third-order valence-corrected chi connectivity index (χ3v) is 6.03. The highest BCUT2D eigenvalue weighted by molar-refractivity contribution is 7.92. The Bertz CT molecular complexity index is 1300. The lowest BCUT2D eigenvalue weighted by molar-refractivity contribution is 0.0599. The number of sulfonamides is 1. The number of methoxy groups -OCH3 is 1. The summed E-state index contributed by atoms with van der Waals surface area (Å²) < 4.78 is 58.1. The number of aromatic nitrogens is 1. The van der Waals surface area contributed by atoms with E-state index in [9.17, 15) is 26.8 Å². The Balaban J connectivity index is 1.74. The second-order valence-electron chi connectivity index (χ2n) is 6.83. The molecule has 1 amide bonds. The molecular formula is C21H19F2N3O5S. The zero-order valence-corrected chi connectivity index (χ0v) is 18.1. The molecule has 168 valence electrons. The van der Waals surface area contributed by atoms with Crippen LogP contribution < -0.4 is 10.0 Å². The van der Waals surface area contributed by atoms with Crippen molar-refractivity contribution in [3.8, 4) is 0 Å². The van der Waals surface area contributed by atoms with E-state index in [-0.39, 0.29) is 16.9 Å². The number of hydrogen-bond donors (Lipinski definition) is 3. The molecule has 3 N–H and O–H groups in total. The molecule has 0 atom stereocenters. The standard InChI is InChI=1S/C21H19F2N3O5S/c1-11-18(21(28)31-3)12(2)24-19(11)20(27)25-13-4-6-14(7-5-13)26-32(29,30)15-8-9-16(22)17(23)10-15/h4-10,24,26H,1-3H3,(H,25,27). The third-order valence-electron chi connectivity index (χ3n) is 4.65. The topological polar surface area (TPSA) is 117 Å². The number of aryl methyl sites for hydroxylation is 1. The summed E-state index contributed by atoms with van der Waals surface area (Å²) in [5.41, 5.74) is 1.89. The number of halogens is 2. The van der Waals surface area contributed by atoms with Gasteiger partial charge in [-0.1, -0.05) is 0 Å². The minimum Gasteiger partial charge on any atom is -0.465 e. The lowest BCUT2D eigenvalue weighted by atomic mass is 10.1. The number of carbonyl (C=O) groups excluding carboxylic acids is 2. The van der Waals surface area contributed by atoms with Gasteiger partial charge in [-0.2, -0.15) is 0 Å². The van der Waals surface area contributed by atoms with Gasteiger partial charge in [0.15, 0.2) is 11.6 Å². The van der Waals surface area contributed by atoms with Crippen molar-refractivity contribution in [3.05, 3.63) is 76.6 Å². The first-order valence-corrected chi connectivity index (χ1v) is 10.7. The number of carbonyl (C=O) groups is 2. The number of aromatic amines is 1. The van der Waals surface area contributed by atoms with Crippen molar-refractivity contribution < 1.29 is 31.5 Å². The summed E-state index contributed by atoms with van der Waals surface area (Å²) in [7, 11) is -2.90. The number of benzene rings is 2. The minimum atomic E-state index is -4.14. The summed E-state index contributed by atoms with van der Waals surface area (Å²) >= 11 is 0. The van der Waals surface area contributed by atoms with Gasteiger partial charge in [0.2, 0.25) is 0 Å². The first-order valence-electron chi connectivity index (χ1n) is 9.20. The smallest absolute Gasteiger partial charge is 0.339 e. The Morgan fingerprint density at radius 1 is 0.969 bits per heavy atom. The zero-order chi connectivity index (χ0) is 23.6. The van der Waals surface area contributed by atoms with Crippen LogP contribution >= 0.6 is 0 Å². The summed E-state index contributed by atoms with van der Waals surface area (Å²) in [6, 6.07) is 7.92. The molecule has 2 aromatic carbocycles. The number of nitrogens with one attached hydrogen (secondary N) is 3. The fourth-order valence-electron chi connectivity index (χ4n) is 3.06. The van der Waals surface area contributed by atoms with Crippen LogP contribution in [0.4, 0.5) is 20.2 Å². The second-order valence-corrected chi connectivity index (χ2v) is 8.51. The van der Waals surface area contributed by atoms with E-state index >= 15 is 0 Å². The van der Waals surface area contributed by atoms with Gasteiger partial charge < -0.3 is 15.0 Å². The molecule has 3 rings (SSSR count). The molecule has 0 aliphatic rings. The Morgan fingerprint density at radius 3 is 2.19 bits per heavy atom. The van der Waals surface area contributed by atoms with Gasteiger partial charge in [0, 0.05) is 17.1 Å². The molecule has 0 radical (unpaired) electrons. The van der Waals surface area contributed by atoms with Gasteiger partial charge in [-0.25, -0.2) is 22.0 Å². The quantitative estimate of drug-likeness (QED) is 0.482. The van der Waals surface area contributed by atoms with Crippen LogP contribution in [0.25, 0.3) is 0 Å². The Hall–Kier alpha value is -3.73. The highest BCUT2D eigenvalue weighted by Crippen LogP contribution is 2.22. The first-order chi connectivity index (χ1) is 15.0. The van der Waals surface area contributed by atoms with E-state index in [1.807, 2.05) is 0 Å². The van der Waals surface area contributed by atoms with Crippen molar-refractivity contribution in [3.63, 3.8) is 0 Å². The van der Waals surface area contributed by atoms with Crippen molar-refractivity contribution in [1.82, 2.24) is 4.98 Å². The summed E-state index contributed by atoms with van der Waals surface area (Å²) in [6.45, 7) is 3.25. The highest BCUT2D eigenvalue weighted by atomic mass is 32.2. The molecular weight excluding hydrogens is 444 g/mol. The Morgan fingerprint density at radius 2 is 1.59 bits per heavy atom. The highest BCUT2D eigenvalue weighted by Gasteiger charge is 2.22. The van der Waals surface area contributed by atoms with Crippen LogP contribution in [0.3, 0.4) is 0 Å². The number of ether oxygens (including phenoxy) is 1. The number of anilines is 2. The Kier molecular flexibility index (Phi) is 6.30. The SMILES string of the molecule is COC(=O)c1c(C)[nH]c(C(=O)Nc2ccc(NS(=O)(=O)c3ccc(F)c(F)c3)cc2)c1C. The summed E-state index contributed by atoms with van der Waals surface area (Å²) in [5.74, 6) is -3.50. The molecule has 1 heterocycles. The van der Waals surface area contributed by atoms with Gasteiger partial charge in [0.05, 0.1) is 17.6 Å². The molecule has 8 nitrogen and oxygen atoms in total. The maximum Gasteiger partial charge on any atom is 0.339 e. The van der Waals surface area contributed by atoms with E-state index in [0.717, 1.165) is 12.1 Å². The van der Waals surface area contributed by atoms with E-state index in [4.69, 9.17) is 4.74 Å². The summed E-state index contributed by atoms with van der Waals surface area (Å²) in [6.07, 6.45) is 0. The number of hydrogen-bond acceptors (Lipinski definition) is 5. The van der Waals surface area contributed by atoms with Crippen LogP contribution in [-0.4, -0.2) is 32.4 Å². The Labute approximate surface area is 182 Å². The monoisotopic (exact) mass is 463 g/mol. The maximum absolute atomic E-state index is 13.3. The van der Waals surface area contributed by atoms with Crippen molar-refractivity contribution in [2.75, 3.05) is 17.1 Å². The second kappa shape index (κ2) is 8.79. The number of H-pyrrole nitrogens is 1. The predicted molar refractivity (Wildman–Crippen MR) is 113 cm³/mol. The van der Waals surface area contributed by atoms with Gasteiger partial charge >= 0.3 is 5.97 Å². The van der Waals surface area contributed by atoms with Crippen LogP contribution in [-0.2, 0) is 14.8 Å². The molecule has 0 spiro atoms. The van der Waals surface area contributed by atoms with Crippen LogP contribution in [0.1, 0.15) is 32.1 Å². The molecule has 0 bridgehead atoms. The largest absolute Gasteiger partial charge is 0.465 e. The zero-order valence-electron chi connectivity index (χ0n) is 17.2. The molecule has 0 unspecified atom stereocenters. The van der Waals surface area contributed by atoms with Crippen molar-refractivity contribution in [2.45, 2.75) is 18.7 Å². The number of rotatable bonds is 6.